The number of aliphatic hydroxyl groups excluding tert-OH is 3. The van der Waals surface area contributed by atoms with Crippen molar-refractivity contribution < 1.29 is 42.6 Å². The standard InChI is InChI=1S/C17H18FN2O9PS/c18-17(8-27-30(25)26-7-9-3-1-2-4-11(9)29-30)13(23)12(22)15(28-17)20-5-10(6-21)14(24)19-16(20)31/h1-5,12-13,15,21-23H,6-8H2,(H,19,24,31)/t12-,13+,15-,17-,30?/m1/s1. The van der Waals surface area contributed by atoms with Gasteiger partial charge in [-0.3, -0.25) is 23.4 Å². The molecule has 1 aromatic carbocycles. The van der Waals surface area contributed by atoms with Gasteiger partial charge in [0.15, 0.2) is 11.0 Å². The van der Waals surface area contributed by atoms with Gasteiger partial charge >= 0.3 is 7.82 Å². The zero-order chi connectivity index (χ0) is 22.4. The minimum absolute atomic E-state index is 0.0993. The van der Waals surface area contributed by atoms with Gasteiger partial charge in [0, 0.05) is 11.8 Å². The fourth-order valence-electron chi connectivity index (χ4n) is 3.16. The van der Waals surface area contributed by atoms with E-state index in [2.05, 4.69) is 4.98 Å². The molecule has 1 unspecified atom stereocenters. The zero-order valence-corrected chi connectivity index (χ0v) is 17.4. The predicted octanol–water partition coefficient (Wildman–Crippen LogP) is 1.05. The fourth-order valence-corrected chi connectivity index (χ4v) is 4.64. The largest absolute Gasteiger partial charge is 0.530 e. The lowest BCUT2D eigenvalue weighted by Gasteiger charge is -2.28. The second kappa shape index (κ2) is 8.19. The van der Waals surface area contributed by atoms with Crippen LogP contribution in [0.3, 0.4) is 0 Å². The summed E-state index contributed by atoms with van der Waals surface area (Å²) >= 11 is 4.99. The van der Waals surface area contributed by atoms with E-state index < -0.39 is 50.9 Å². The first kappa shape index (κ1) is 22.2. The van der Waals surface area contributed by atoms with Crippen LogP contribution in [0.5, 0.6) is 5.75 Å². The number of aromatic nitrogens is 2. The molecule has 4 N–H and O–H groups in total. The predicted molar refractivity (Wildman–Crippen MR) is 103 cm³/mol. The minimum atomic E-state index is -4.23. The van der Waals surface area contributed by atoms with Gasteiger partial charge < -0.3 is 24.6 Å². The highest BCUT2D eigenvalue weighted by Gasteiger charge is 2.57. The molecule has 1 fully saturated rings. The maximum atomic E-state index is 15.3. The number of H-pyrrole nitrogens is 1. The monoisotopic (exact) mass is 476 g/mol. The molecule has 2 aliphatic heterocycles. The second-order valence-electron chi connectivity index (χ2n) is 6.90. The first-order valence-corrected chi connectivity index (χ1v) is 10.9. The van der Waals surface area contributed by atoms with Crippen LogP contribution in [-0.4, -0.2) is 49.5 Å². The number of nitrogens with one attached hydrogen (secondary N) is 1. The highest BCUT2D eigenvalue weighted by molar-refractivity contribution is 7.71. The number of ether oxygens (including phenoxy) is 1. The molecule has 3 heterocycles. The van der Waals surface area contributed by atoms with Gasteiger partial charge in [0.2, 0.25) is 0 Å². The Hall–Kier alpha value is -1.96. The molecule has 31 heavy (non-hydrogen) atoms. The van der Waals surface area contributed by atoms with Gasteiger partial charge in [-0.1, -0.05) is 18.2 Å². The highest BCUT2D eigenvalue weighted by atomic mass is 32.1. The van der Waals surface area contributed by atoms with Crippen LogP contribution in [0.25, 0.3) is 0 Å². The summed E-state index contributed by atoms with van der Waals surface area (Å²) in [4.78, 5) is 14.0. The highest BCUT2D eigenvalue weighted by Crippen LogP contribution is 2.55. The summed E-state index contributed by atoms with van der Waals surface area (Å²) in [5.74, 6) is -2.78. The number of hydrogen-bond acceptors (Lipinski definition) is 10. The van der Waals surface area contributed by atoms with Gasteiger partial charge in [0.25, 0.3) is 11.4 Å². The Balaban J connectivity index is 1.53. The molecular formula is C17H18FN2O9PS. The van der Waals surface area contributed by atoms with Gasteiger partial charge in [-0.2, -0.15) is 0 Å². The molecule has 0 saturated carbocycles. The number of phosphoric acid groups is 1. The second-order valence-corrected chi connectivity index (χ2v) is 8.88. The van der Waals surface area contributed by atoms with E-state index >= 15 is 4.39 Å². The van der Waals surface area contributed by atoms with Crippen molar-refractivity contribution in [1.82, 2.24) is 9.55 Å². The minimum Gasteiger partial charge on any atom is -0.404 e. The van der Waals surface area contributed by atoms with Crippen LogP contribution in [0.15, 0.2) is 35.3 Å². The summed E-state index contributed by atoms with van der Waals surface area (Å²) in [6, 6.07) is 6.60. The van der Waals surface area contributed by atoms with Crippen molar-refractivity contribution in [2.24, 2.45) is 0 Å². The van der Waals surface area contributed by atoms with Crippen molar-refractivity contribution in [2.75, 3.05) is 6.61 Å². The van der Waals surface area contributed by atoms with Crippen molar-refractivity contribution >= 4 is 20.0 Å². The molecule has 11 nitrogen and oxygen atoms in total. The number of para-hydroxylation sites is 1. The first-order valence-electron chi connectivity index (χ1n) is 9.00. The van der Waals surface area contributed by atoms with Gasteiger partial charge in [-0.15, -0.1) is 0 Å². The number of aliphatic hydroxyl groups is 3. The molecule has 0 spiro atoms. The summed E-state index contributed by atoms with van der Waals surface area (Å²) in [6.45, 7) is -1.86. The maximum absolute atomic E-state index is 15.3. The fraction of sp³-hybridized carbons (Fsp3) is 0.412. The van der Waals surface area contributed by atoms with Crippen LogP contribution in [0.2, 0.25) is 0 Å². The molecule has 2 aliphatic rings. The quantitative estimate of drug-likeness (QED) is 0.364. The van der Waals surface area contributed by atoms with Crippen molar-refractivity contribution in [2.45, 2.75) is 37.5 Å². The summed E-state index contributed by atoms with van der Waals surface area (Å²) in [7, 11) is -4.23. The molecule has 4 rings (SSSR count). The molecule has 1 aromatic heterocycles. The van der Waals surface area contributed by atoms with Crippen molar-refractivity contribution in [1.29, 1.82) is 0 Å². The van der Waals surface area contributed by atoms with E-state index in [-0.39, 0.29) is 22.7 Å². The maximum Gasteiger partial charge on any atom is 0.530 e. The molecule has 5 atom stereocenters. The molecule has 168 valence electrons. The molecule has 0 aliphatic carbocycles. The van der Waals surface area contributed by atoms with Gasteiger partial charge in [-0.25, -0.2) is 8.96 Å². The van der Waals surface area contributed by atoms with Crippen molar-refractivity contribution in [3.8, 4) is 5.75 Å². The lowest BCUT2D eigenvalue weighted by atomic mass is 10.1. The van der Waals surface area contributed by atoms with E-state index in [4.69, 9.17) is 30.5 Å². The number of benzene rings is 1. The van der Waals surface area contributed by atoms with Gasteiger partial charge in [-0.05, 0) is 18.3 Å². The summed E-state index contributed by atoms with van der Waals surface area (Å²) in [5.41, 5.74) is -0.178. The number of aromatic amines is 1. The van der Waals surface area contributed by atoms with E-state index in [1.165, 1.54) is 6.07 Å². The Bertz CT molecular complexity index is 1160. The topological polar surface area (TPSA) is 152 Å². The van der Waals surface area contributed by atoms with Gasteiger partial charge in [0.1, 0.15) is 24.6 Å². The Kier molecular flexibility index (Phi) is 5.87. The number of nitrogens with zero attached hydrogens (tertiary/aromatic N) is 1. The van der Waals surface area contributed by atoms with E-state index in [1.807, 2.05) is 0 Å². The number of rotatable bonds is 5. The molecule has 14 heteroatoms. The Labute approximate surface area is 179 Å². The van der Waals surface area contributed by atoms with E-state index in [9.17, 15) is 24.7 Å². The summed E-state index contributed by atoms with van der Waals surface area (Å²) in [6.07, 6.45) is -4.48. The van der Waals surface area contributed by atoms with Crippen LogP contribution in [0.1, 0.15) is 17.4 Å². The molecular weight excluding hydrogens is 458 g/mol. The van der Waals surface area contributed by atoms with Crippen LogP contribution in [-0.2, 0) is 31.6 Å². The van der Waals surface area contributed by atoms with E-state index in [0.29, 0.717) is 5.56 Å². The number of phosphoric ester groups is 1. The van der Waals surface area contributed by atoms with Crippen LogP contribution in [0.4, 0.5) is 4.39 Å². The Morgan fingerprint density at radius 1 is 1.39 bits per heavy atom. The Morgan fingerprint density at radius 2 is 2.13 bits per heavy atom. The van der Waals surface area contributed by atoms with Crippen LogP contribution < -0.4 is 10.1 Å². The average molecular weight is 476 g/mol. The average Bonchev–Trinajstić information content (AvgIpc) is 2.97. The third-order valence-electron chi connectivity index (χ3n) is 4.84. The normalized spacial score (nSPS) is 32.5. The molecule has 0 radical (unpaired) electrons. The molecule has 0 bridgehead atoms. The molecule has 2 aromatic rings. The third kappa shape index (κ3) is 4.11. The van der Waals surface area contributed by atoms with Gasteiger partial charge in [0.05, 0.1) is 18.8 Å². The first-order chi connectivity index (χ1) is 14.7. The molecule has 0 amide bonds. The summed E-state index contributed by atoms with van der Waals surface area (Å²) < 4.78 is 49.2. The van der Waals surface area contributed by atoms with Crippen molar-refractivity contribution in [3.05, 3.63) is 56.7 Å². The van der Waals surface area contributed by atoms with E-state index in [0.717, 1.165) is 10.8 Å². The van der Waals surface area contributed by atoms with Crippen LogP contribution in [0, 0.1) is 4.77 Å². The van der Waals surface area contributed by atoms with E-state index in [1.54, 1.807) is 18.2 Å². The zero-order valence-electron chi connectivity index (χ0n) is 15.7. The SMILES string of the molecule is O=c1[nH]c(=S)n([C@@H]2O[C@](F)(COP3(=O)OCc4ccccc4O3)[C@@H](O)[C@H]2O)cc1CO. The lowest BCUT2D eigenvalue weighted by Crippen LogP contribution is -2.43. The number of halogens is 1. The number of hydrogen-bond donors (Lipinski definition) is 4. The summed E-state index contributed by atoms with van der Waals surface area (Å²) in [5, 5.41) is 29.8. The van der Waals surface area contributed by atoms with Crippen molar-refractivity contribution in [3.63, 3.8) is 0 Å². The number of fused-ring (bicyclic) bond motifs is 1. The lowest BCUT2D eigenvalue weighted by molar-refractivity contribution is -0.205. The third-order valence-corrected chi connectivity index (χ3v) is 6.46. The molecule has 1 saturated heterocycles. The van der Waals surface area contributed by atoms with Crippen LogP contribution >= 0.6 is 20.0 Å². The number of alkyl halides is 1. The smallest absolute Gasteiger partial charge is 0.404 e. The Morgan fingerprint density at radius 3 is 2.87 bits per heavy atom.